The van der Waals surface area contributed by atoms with Gasteiger partial charge in [0.05, 0.1) is 16.4 Å². The van der Waals surface area contributed by atoms with E-state index >= 15 is 0 Å². The number of amides is 1. The first-order valence-electron chi connectivity index (χ1n) is 8.88. The van der Waals surface area contributed by atoms with Gasteiger partial charge < -0.3 is 10.2 Å². The molecular weight excluding hydrogens is 407 g/mol. The quantitative estimate of drug-likeness (QED) is 0.396. The Morgan fingerprint density at radius 2 is 1.86 bits per heavy atom. The number of carbonyl (C=O) groups excluding carboxylic acids is 1. The molecule has 0 radical (unpaired) electrons. The molecule has 3 rings (SSSR count). The van der Waals surface area contributed by atoms with Crippen LogP contribution in [0.5, 0.6) is 0 Å². The van der Waals surface area contributed by atoms with Gasteiger partial charge in [-0.05, 0) is 37.1 Å². The number of thioether (sulfide) groups is 1. The second-order valence-corrected chi connectivity index (χ2v) is 7.53. The predicted octanol–water partition coefficient (Wildman–Crippen LogP) is 5.10. The summed E-state index contributed by atoms with van der Waals surface area (Å²) in [5, 5.41) is 14.0. The van der Waals surface area contributed by atoms with Crippen molar-refractivity contribution in [1.29, 1.82) is 0 Å². The average molecular weight is 425 g/mol. The summed E-state index contributed by atoms with van der Waals surface area (Å²) in [7, 11) is 0. The highest BCUT2D eigenvalue weighted by Gasteiger charge is 2.28. The number of nitrogens with one attached hydrogen (secondary N) is 1. The highest BCUT2D eigenvalue weighted by Crippen LogP contribution is 2.34. The van der Waals surface area contributed by atoms with Gasteiger partial charge in [-0.2, -0.15) is 13.2 Å². The normalized spacial score (nSPS) is 14.1. The molecule has 2 aromatic rings. The highest BCUT2D eigenvalue weighted by molar-refractivity contribution is 7.99. The fourth-order valence-corrected chi connectivity index (χ4v) is 3.85. The molecule has 0 unspecified atom stereocenters. The summed E-state index contributed by atoms with van der Waals surface area (Å²) in [4.78, 5) is 25.7. The molecule has 29 heavy (non-hydrogen) atoms. The average Bonchev–Trinajstić information content (AvgIpc) is 3.20. The number of benzene rings is 2. The van der Waals surface area contributed by atoms with Crippen LogP contribution in [-0.2, 0) is 0 Å². The summed E-state index contributed by atoms with van der Waals surface area (Å²) in [5.74, 6) is -1.71. The SMILES string of the molecule is O=C(Nc1ccccc1SCC(F)(F)F)c1ccc(N2CCCC2)c([N+](=O)[O-])c1. The van der Waals surface area contributed by atoms with E-state index in [1.54, 1.807) is 18.2 Å². The number of nitro groups is 1. The smallest absolute Gasteiger partial charge is 0.366 e. The molecule has 1 aliphatic heterocycles. The largest absolute Gasteiger partial charge is 0.398 e. The lowest BCUT2D eigenvalue weighted by Gasteiger charge is -2.18. The van der Waals surface area contributed by atoms with Crippen LogP contribution in [0.4, 0.5) is 30.2 Å². The van der Waals surface area contributed by atoms with Gasteiger partial charge in [-0.25, -0.2) is 0 Å². The Hall–Kier alpha value is -2.75. The van der Waals surface area contributed by atoms with Gasteiger partial charge in [0, 0.05) is 29.6 Å². The van der Waals surface area contributed by atoms with Gasteiger partial charge in [0.25, 0.3) is 11.6 Å². The van der Waals surface area contributed by atoms with Crippen LogP contribution in [0.15, 0.2) is 47.4 Å². The number of carbonyl (C=O) groups is 1. The molecule has 1 aliphatic rings. The molecule has 0 aromatic heterocycles. The second-order valence-electron chi connectivity index (χ2n) is 6.51. The lowest BCUT2D eigenvalue weighted by Crippen LogP contribution is -2.20. The van der Waals surface area contributed by atoms with Gasteiger partial charge in [0.1, 0.15) is 5.69 Å². The number of halogens is 3. The Kier molecular flexibility index (Phi) is 6.31. The van der Waals surface area contributed by atoms with Crippen LogP contribution in [0.2, 0.25) is 0 Å². The third-order valence-corrected chi connectivity index (χ3v) is 5.55. The van der Waals surface area contributed by atoms with Gasteiger partial charge in [-0.15, -0.1) is 11.8 Å². The van der Waals surface area contributed by atoms with Crippen LogP contribution >= 0.6 is 11.8 Å². The fourth-order valence-electron chi connectivity index (χ4n) is 3.09. The summed E-state index contributed by atoms with van der Waals surface area (Å²) in [5.41, 5.74) is 0.581. The molecule has 0 spiro atoms. The lowest BCUT2D eigenvalue weighted by atomic mass is 10.1. The van der Waals surface area contributed by atoms with Crippen LogP contribution in [0.25, 0.3) is 0 Å². The van der Waals surface area contributed by atoms with Gasteiger partial charge in [0.15, 0.2) is 0 Å². The molecule has 1 fully saturated rings. The Bertz CT molecular complexity index is 915. The van der Waals surface area contributed by atoms with E-state index in [4.69, 9.17) is 0 Å². The van der Waals surface area contributed by atoms with E-state index in [9.17, 15) is 28.1 Å². The Labute approximate surface area is 169 Å². The molecule has 1 amide bonds. The second kappa shape index (κ2) is 8.73. The highest BCUT2D eigenvalue weighted by atomic mass is 32.2. The standard InChI is InChI=1S/C19H18F3N3O3S/c20-19(21,22)12-29-17-6-2-1-5-14(17)23-18(26)13-7-8-15(16(11-13)25(27)28)24-9-3-4-10-24/h1-2,5-8,11H,3-4,9-10,12H2,(H,23,26). The number of para-hydroxylation sites is 1. The summed E-state index contributed by atoms with van der Waals surface area (Å²) >= 11 is 0.564. The molecule has 1 N–H and O–H groups in total. The van der Waals surface area contributed by atoms with Crippen molar-refractivity contribution in [2.75, 3.05) is 29.1 Å². The minimum Gasteiger partial charge on any atom is -0.366 e. The number of hydrogen-bond donors (Lipinski definition) is 1. The zero-order valence-electron chi connectivity index (χ0n) is 15.2. The van der Waals surface area contributed by atoms with Crippen molar-refractivity contribution in [3.63, 3.8) is 0 Å². The Morgan fingerprint density at radius 1 is 1.17 bits per heavy atom. The number of anilines is 2. The lowest BCUT2D eigenvalue weighted by molar-refractivity contribution is -0.384. The Balaban J connectivity index is 1.81. The topological polar surface area (TPSA) is 75.5 Å². The summed E-state index contributed by atoms with van der Waals surface area (Å²) < 4.78 is 37.5. The van der Waals surface area contributed by atoms with Crippen molar-refractivity contribution < 1.29 is 22.9 Å². The minimum atomic E-state index is -4.34. The number of nitrogens with zero attached hydrogens (tertiary/aromatic N) is 2. The molecule has 0 bridgehead atoms. The predicted molar refractivity (Wildman–Crippen MR) is 106 cm³/mol. The van der Waals surface area contributed by atoms with Gasteiger partial charge in [-0.1, -0.05) is 12.1 Å². The van der Waals surface area contributed by atoms with Crippen LogP contribution in [0, 0.1) is 10.1 Å². The molecule has 154 valence electrons. The van der Waals surface area contributed by atoms with Crippen LogP contribution in [0.1, 0.15) is 23.2 Å². The third-order valence-electron chi connectivity index (χ3n) is 4.41. The molecule has 1 saturated heterocycles. The van der Waals surface area contributed by atoms with E-state index in [0.29, 0.717) is 17.4 Å². The summed E-state index contributed by atoms with van der Waals surface area (Å²) in [6, 6.07) is 10.4. The molecule has 0 aliphatic carbocycles. The maximum atomic E-state index is 12.6. The van der Waals surface area contributed by atoms with E-state index in [1.165, 1.54) is 24.3 Å². The Morgan fingerprint density at radius 3 is 2.52 bits per heavy atom. The van der Waals surface area contributed by atoms with Crippen molar-refractivity contribution in [3.8, 4) is 0 Å². The van der Waals surface area contributed by atoms with Crippen molar-refractivity contribution in [3.05, 3.63) is 58.1 Å². The molecular formula is C19H18F3N3O3S. The van der Waals surface area contributed by atoms with Crippen molar-refractivity contribution in [2.45, 2.75) is 23.9 Å². The van der Waals surface area contributed by atoms with E-state index in [1.807, 2.05) is 4.90 Å². The van der Waals surface area contributed by atoms with E-state index in [-0.39, 0.29) is 21.8 Å². The molecule has 0 atom stereocenters. The van der Waals surface area contributed by atoms with Crippen molar-refractivity contribution in [1.82, 2.24) is 0 Å². The van der Waals surface area contributed by atoms with E-state index in [2.05, 4.69) is 5.32 Å². The van der Waals surface area contributed by atoms with Crippen LogP contribution < -0.4 is 10.2 Å². The van der Waals surface area contributed by atoms with Crippen LogP contribution in [-0.4, -0.2) is 35.8 Å². The first-order valence-corrected chi connectivity index (χ1v) is 9.86. The third kappa shape index (κ3) is 5.41. The monoisotopic (exact) mass is 425 g/mol. The molecule has 10 heteroatoms. The maximum Gasteiger partial charge on any atom is 0.398 e. The number of rotatable bonds is 6. The van der Waals surface area contributed by atoms with Crippen molar-refractivity contribution in [2.24, 2.45) is 0 Å². The maximum absolute atomic E-state index is 12.6. The molecule has 1 heterocycles. The number of nitro benzene ring substituents is 1. The van der Waals surface area contributed by atoms with Crippen LogP contribution in [0.3, 0.4) is 0 Å². The first-order chi connectivity index (χ1) is 13.7. The van der Waals surface area contributed by atoms with Gasteiger partial charge in [-0.3, -0.25) is 14.9 Å². The summed E-state index contributed by atoms with van der Waals surface area (Å²) in [6.45, 7) is 1.44. The molecule has 0 saturated carbocycles. The minimum absolute atomic E-state index is 0.0651. The van der Waals surface area contributed by atoms with E-state index in [0.717, 1.165) is 25.9 Å². The molecule has 2 aromatic carbocycles. The summed E-state index contributed by atoms with van der Waals surface area (Å²) in [6.07, 6.45) is -2.44. The number of alkyl halides is 3. The van der Waals surface area contributed by atoms with Crippen molar-refractivity contribution >= 4 is 34.7 Å². The van der Waals surface area contributed by atoms with Gasteiger partial charge in [0.2, 0.25) is 0 Å². The first kappa shape index (κ1) is 21.0. The number of hydrogen-bond acceptors (Lipinski definition) is 5. The fraction of sp³-hybridized carbons (Fsp3) is 0.316. The zero-order valence-corrected chi connectivity index (χ0v) is 16.1. The molecule has 6 nitrogen and oxygen atoms in total. The zero-order chi connectivity index (χ0) is 21.0. The van der Waals surface area contributed by atoms with Gasteiger partial charge >= 0.3 is 6.18 Å². The van der Waals surface area contributed by atoms with E-state index < -0.39 is 22.8 Å².